The first-order chi connectivity index (χ1) is 10.6. The Kier molecular flexibility index (Phi) is 6.18. The van der Waals surface area contributed by atoms with E-state index >= 15 is 0 Å². The molecule has 1 aromatic rings. The van der Waals surface area contributed by atoms with Crippen molar-refractivity contribution in [1.29, 1.82) is 0 Å². The lowest BCUT2D eigenvalue weighted by atomic mass is 9.89. The number of hydrogen-bond acceptors (Lipinski definition) is 4. The Labute approximate surface area is 130 Å². The molecule has 2 rings (SSSR count). The van der Waals surface area contributed by atoms with Gasteiger partial charge in [-0.1, -0.05) is 19.3 Å². The van der Waals surface area contributed by atoms with Crippen molar-refractivity contribution in [3.63, 3.8) is 0 Å². The number of carbonyl (C=O) groups is 2. The van der Waals surface area contributed by atoms with Crippen LogP contribution in [0.5, 0.6) is 0 Å². The van der Waals surface area contributed by atoms with Crippen LogP contribution in [0.25, 0.3) is 0 Å². The first-order valence-electron chi connectivity index (χ1n) is 7.77. The third-order valence-electron chi connectivity index (χ3n) is 3.79. The zero-order valence-corrected chi connectivity index (χ0v) is 12.9. The number of hydrazone groups is 1. The van der Waals surface area contributed by atoms with Gasteiger partial charge in [0.1, 0.15) is 5.76 Å². The lowest BCUT2D eigenvalue weighted by Gasteiger charge is -2.19. The number of hydrogen-bond donors (Lipinski definition) is 2. The Bertz CT molecular complexity index is 517. The van der Waals surface area contributed by atoms with Crippen molar-refractivity contribution in [1.82, 2.24) is 10.7 Å². The molecule has 1 aliphatic carbocycles. The van der Waals surface area contributed by atoms with Crippen LogP contribution in [0.4, 0.5) is 0 Å². The number of furan rings is 1. The minimum atomic E-state index is -0.149. The van der Waals surface area contributed by atoms with Gasteiger partial charge >= 0.3 is 0 Å². The van der Waals surface area contributed by atoms with Gasteiger partial charge in [-0.15, -0.1) is 0 Å². The van der Waals surface area contributed by atoms with Gasteiger partial charge in [0.05, 0.1) is 19.2 Å². The molecule has 6 heteroatoms. The first-order valence-corrected chi connectivity index (χ1v) is 7.77. The highest BCUT2D eigenvalue weighted by atomic mass is 16.3. The Morgan fingerprint density at radius 3 is 2.77 bits per heavy atom. The summed E-state index contributed by atoms with van der Waals surface area (Å²) in [6, 6.07) is 3.57. The molecular formula is C16H23N3O3. The van der Waals surface area contributed by atoms with E-state index in [-0.39, 0.29) is 24.2 Å². The molecule has 0 aromatic carbocycles. The van der Waals surface area contributed by atoms with Crippen molar-refractivity contribution < 1.29 is 14.0 Å². The molecule has 0 aliphatic heterocycles. The zero-order chi connectivity index (χ0) is 15.8. The minimum absolute atomic E-state index is 0.0324. The second-order valence-electron chi connectivity index (χ2n) is 5.69. The topological polar surface area (TPSA) is 83.7 Å². The molecule has 6 nitrogen and oxygen atoms in total. The first kappa shape index (κ1) is 16.3. The van der Waals surface area contributed by atoms with Crippen molar-refractivity contribution >= 4 is 17.5 Å². The standard InChI is InChI=1S/C16H23N3O3/c1-12(10-15(20)17-11-14-8-5-9-22-14)18-19-16(21)13-6-3-2-4-7-13/h5,8-9,13H,2-4,6-7,10-11H2,1H3,(H,17,20)(H,19,21). The van der Waals surface area contributed by atoms with Crippen molar-refractivity contribution in [2.24, 2.45) is 11.0 Å². The van der Waals surface area contributed by atoms with E-state index in [2.05, 4.69) is 15.8 Å². The van der Waals surface area contributed by atoms with E-state index < -0.39 is 0 Å². The predicted molar refractivity (Wildman–Crippen MR) is 83.0 cm³/mol. The highest BCUT2D eigenvalue weighted by Crippen LogP contribution is 2.23. The van der Waals surface area contributed by atoms with E-state index in [1.165, 1.54) is 6.42 Å². The molecule has 0 unspecified atom stereocenters. The van der Waals surface area contributed by atoms with E-state index in [9.17, 15) is 9.59 Å². The van der Waals surface area contributed by atoms with E-state index in [0.29, 0.717) is 18.0 Å². The van der Waals surface area contributed by atoms with Crippen LogP contribution in [0.1, 0.15) is 51.2 Å². The highest BCUT2D eigenvalue weighted by molar-refractivity contribution is 6.00. The molecule has 2 N–H and O–H groups in total. The second kappa shape index (κ2) is 8.36. The molecule has 0 saturated heterocycles. The maximum absolute atomic E-state index is 11.9. The van der Waals surface area contributed by atoms with Crippen molar-refractivity contribution in [3.8, 4) is 0 Å². The van der Waals surface area contributed by atoms with Crippen molar-refractivity contribution in [2.75, 3.05) is 0 Å². The fourth-order valence-corrected chi connectivity index (χ4v) is 2.54. The Hall–Kier alpha value is -2.11. The van der Waals surface area contributed by atoms with Crippen LogP contribution in [-0.4, -0.2) is 17.5 Å². The van der Waals surface area contributed by atoms with Crippen LogP contribution in [0.2, 0.25) is 0 Å². The lowest BCUT2D eigenvalue weighted by Crippen LogP contribution is -2.30. The summed E-state index contributed by atoms with van der Waals surface area (Å²) in [6.45, 7) is 2.08. The molecule has 0 spiro atoms. The summed E-state index contributed by atoms with van der Waals surface area (Å²) < 4.78 is 5.13. The third-order valence-corrected chi connectivity index (χ3v) is 3.79. The van der Waals surface area contributed by atoms with E-state index in [1.807, 2.05) is 0 Å². The molecule has 1 aromatic heterocycles. The minimum Gasteiger partial charge on any atom is -0.467 e. The number of nitrogens with one attached hydrogen (secondary N) is 2. The summed E-state index contributed by atoms with van der Waals surface area (Å²) in [6.07, 6.45) is 7.02. The maximum atomic E-state index is 11.9. The molecule has 1 heterocycles. The fourth-order valence-electron chi connectivity index (χ4n) is 2.54. The molecule has 0 bridgehead atoms. The van der Waals surface area contributed by atoms with Gasteiger partial charge in [0.15, 0.2) is 0 Å². The Morgan fingerprint density at radius 2 is 2.09 bits per heavy atom. The molecule has 1 fully saturated rings. The molecule has 120 valence electrons. The fraction of sp³-hybridized carbons (Fsp3) is 0.562. The molecule has 1 saturated carbocycles. The summed E-state index contributed by atoms with van der Waals surface area (Å²) in [4.78, 5) is 23.7. The summed E-state index contributed by atoms with van der Waals surface area (Å²) in [5, 5.41) is 6.76. The number of carbonyl (C=O) groups excluding carboxylic acids is 2. The number of rotatable bonds is 6. The average molecular weight is 305 g/mol. The molecule has 1 aliphatic rings. The number of nitrogens with zero attached hydrogens (tertiary/aromatic N) is 1. The van der Waals surface area contributed by atoms with Gasteiger partial charge < -0.3 is 9.73 Å². The molecular weight excluding hydrogens is 282 g/mol. The summed E-state index contributed by atoms with van der Waals surface area (Å²) in [7, 11) is 0. The molecule has 0 atom stereocenters. The van der Waals surface area contributed by atoms with Gasteiger partial charge in [0, 0.05) is 11.6 Å². The van der Waals surface area contributed by atoms with Gasteiger partial charge in [0.2, 0.25) is 11.8 Å². The van der Waals surface area contributed by atoms with Crippen LogP contribution in [0, 0.1) is 5.92 Å². The number of amides is 2. The lowest BCUT2D eigenvalue weighted by molar-refractivity contribution is -0.126. The van der Waals surface area contributed by atoms with Gasteiger partial charge in [-0.2, -0.15) is 5.10 Å². The smallest absolute Gasteiger partial charge is 0.243 e. The third kappa shape index (κ3) is 5.35. The van der Waals surface area contributed by atoms with Crippen LogP contribution in [0.3, 0.4) is 0 Å². The second-order valence-corrected chi connectivity index (χ2v) is 5.69. The van der Waals surface area contributed by atoms with Crippen molar-refractivity contribution in [2.45, 2.75) is 52.0 Å². The van der Waals surface area contributed by atoms with E-state index in [1.54, 1.807) is 25.3 Å². The zero-order valence-electron chi connectivity index (χ0n) is 12.9. The summed E-state index contributed by atoms with van der Waals surface area (Å²) in [5.41, 5.74) is 3.16. The molecule has 22 heavy (non-hydrogen) atoms. The monoisotopic (exact) mass is 305 g/mol. The average Bonchev–Trinajstić information content (AvgIpc) is 3.05. The quantitative estimate of drug-likeness (QED) is 0.625. The van der Waals surface area contributed by atoms with Crippen LogP contribution >= 0.6 is 0 Å². The highest BCUT2D eigenvalue weighted by Gasteiger charge is 2.20. The molecule has 0 radical (unpaired) electrons. The normalized spacial score (nSPS) is 16.3. The Balaban J connectivity index is 1.69. The predicted octanol–water partition coefficient (Wildman–Crippen LogP) is 2.36. The van der Waals surface area contributed by atoms with Gasteiger partial charge in [-0.3, -0.25) is 9.59 Å². The Morgan fingerprint density at radius 1 is 1.32 bits per heavy atom. The van der Waals surface area contributed by atoms with Crippen LogP contribution in [0.15, 0.2) is 27.9 Å². The van der Waals surface area contributed by atoms with Gasteiger partial charge in [-0.25, -0.2) is 5.43 Å². The van der Waals surface area contributed by atoms with Crippen LogP contribution in [-0.2, 0) is 16.1 Å². The maximum Gasteiger partial charge on any atom is 0.243 e. The van der Waals surface area contributed by atoms with Crippen LogP contribution < -0.4 is 10.7 Å². The van der Waals surface area contributed by atoms with E-state index in [0.717, 1.165) is 25.7 Å². The van der Waals surface area contributed by atoms with Gasteiger partial charge in [-0.05, 0) is 31.9 Å². The van der Waals surface area contributed by atoms with Crippen molar-refractivity contribution in [3.05, 3.63) is 24.2 Å². The summed E-state index contributed by atoms with van der Waals surface area (Å²) in [5.74, 6) is 0.589. The van der Waals surface area contributed by atoms with E-state index in [4.69, 9.17) is 4.42 Å². The molecule has 2 amide bonds. The summed E-state index contributed by atoms with van der Waals surface area (Å²) >= 11 is 0. The SMILES string of the molecule is CC(CC(=O)NCc1ccco1)=NNC(=O)C1CCCCC1. The van der Waals surface area contributed by atoms with Gasteiger partial charge in [0.25, 0.3) is 0 Å². The largest absolute Gasteiger partial charge is 0.467 e.